The van der Waals surface area contributed by atoms with Crippen molar-refractivity contribution in [1.29, 1.82) is 0 Å². The highest BCUT2D eigenvalue weighted by molar-refractivity contribution is 9.10. The average Bonchev–Trinajstić information content (AvgIpc) is 2.39. The van der Waals surface area contributed by atoms with Crippen LogP contribution in [0.5, 0.6) is 11.5 Å². The molecule has 0 aliphatic rings. The Bertz CT molecular complexity index is 583. The standard InChI is InChI=1S/C14H12BrNO3/c15-10-2-1-3-12(8-10)19-11-6-4-9(5-7-11)13(16)14(17)18/h1-8,13H,16H2,(H,17,18). The lowest BCUT2D eigenvalue weighted by Crippen LogP contribution is -2.20. The zero-order valence-corrected chi connectivity index (χ0v) is 11.5. The van der Waals surface area contributed by atoms with E-state index in [-0.39, 0.29) is 0 Å². The zero-order chi connectivity index (χ0) is 13.8. The second kappa shape index (κ2) is 5.86. The highest BCUT2D eigenvalue weighted by Crippen LogP contribution is 2.25. The normalized spacial score (nSPS) is 11.9. The molecule has 0 aromatic heterocycles. The van der Waals surface area contributed by atoms with Crippen LogP contribution in [0.15, 0.2) is 53.0 Å². The number of halogens is 1. The summed E-state index contributed by atoms with van der Waals surface area (Å²) in [5.41, 5.74) is 6.05. The van der Waals surface area contributed by atoms with E-state index in [4.69, 9.17) is 15.6 Å². The quantitative estimate of drug-likeness (QED) is 0.906. The molecule has 3 N–H and O–H groups in total. The molecular formula is C14H12BrNO3. The fourth-order valence-corrected chi connectivity index (χ4v) is 1.93. The van der Waals surface area contributed by atoms with Crippen LogP contribution in [-0.4, -0.2) is 11.1 Å². The van der Waals surface area contributed by atoms with Gasteiger partial charge in [-0.2, -0.15) is 0 Å². The van der Waals surface area contributed by atoms with Gasteiger partial charge in [-0.15, -0.1) is 0 Å². The first-order valence-electron chi connectivity index (χ1n) is 5.58. The Kier molecular flexibility index (Phi) is 4.19. The first kappa shape index (κ1) is 13.6. The van der Waals surface area contributed by atoms with Crippen LogP contribution in [0.2, 0.25) is 0 Å². The number of rotatable bonds is 4. The van der Waals surface area contributed by atoms with Gasteiger partial charge in [0.25, 0.3) is 0 Å². The minimum Gasteiger partial charge on any atom is -0.480 e. The second-order valence-corrected chi connectivity index (χ2v) is 4.86. The van der Waals surface area contributed by atoms with E-state index in [0.29, 0.717) is 17.1 Å². The van der Waals surface area contributed by atoms with Crippen molar-refractivity contribution in [2.75, 3.05) is 0 Å². The maximum atomic E-state index is 10.8. The van der Waals surface area contributed by atoms with Crippen LogP contribution in [0, 0.1) is 0 Å². The largest absolute Gasteiger partial charge is 0.480 e. The van der Waals surface area contributed by atoms with Crippen molar-refractivity contribution in [3.8, 4) is 11.5 Å². The SMILES string of the molecule is NC(C(=O)O)c1ccc(Oc2cccc(Br)c2)cc1. The summed E-state index contributed by atoms with van der Waals surface area (Å²) in [5, 5.41) is 8.81. The predicted molar refractivity (Wildman–Crippen MR) is 75.2 cm³/mol. The third kappa shape index (κ3) is 3.56. The van der Waals surface area contributed by atoms with Gasteiger partial charge in [-0.05, 0) is 35.9 Å². The van der Waals surface area contributed by atoms with Crippen LogP contribution >= 0.6 is 15.9 Å². The summed E-state index contributed by atoms with van der Waals surface area (Å²) in [6, 6.07) is 13.1. The molecule has 19 heavy (non-hydrogen) atoms. The maximum absolute atomic E-state index is 10.8. The maximum Gasteiger partial charge on any atom is 0.325 e. The van der Waals surface area contributed by atoms with Gasteiger partial charge in [0.15, 0.2) is 0 Å². The van der Waals surface area contributed by atoms with Crippen LogP contribution in [0.4, 0.5) is 0 Å². The summed E-state index contributed by atoms with van der Waals surface area (Å²) < 4.78 is 6.56. The average molecular weight is 322 g/mol. The number of carbonyl (C=O) groups is 1. The lowest BCUT2D eigenvalue weighted by molar-refractivity contribution is -0.138. The number of ether oxygens (including phenoxy) is 1. The van der Waals surface area contributed by atoms with E-state index in [9.17, 15) is 4.79 Å². The van der Waals surface area contributed by atoms with Crippen molar-refractivity contribution in [3.05, 3.63) is 58.6 Å². The third-order valence-electron chi connectivity index (χ3n) is 2.54. The van der Waals surface area contributed by atoms with Gasteiger partial charge in [-0.25, -0.2) is 0 Å². The highest BCUT2D eigenvalue weighted by Gasteiger charge is 2.13. The van der Waals surface area contributed by atoms with E-state index in [1.807, 2.05) is 24.3 Å². The summed E-state index contributed by atoms with van der Waals surface area (Å²) in [6.07, 6.45) is 0. The second-order valence-electron chi connectivity index (χ2n) is 3.94. The van der Waals surface area contributed by atoms with Gasteiger partial charge < -0.3 is 15.6 Å². The van der Waals surface area contributed by atoms with E-state index >= 15 is 0 Å². The summed E-state index contributed by atoms with van der Waals surface area (Å²) >= 11 is 3.36. The zero-order valence-electron chi connectivity index (χ0n) is 9.92. The molecule has 0 fully saturated rings. The number of carboxylic acids is 1. The molecule has 0 radical (unpaired) electrons. The fourth-order valence-electron chi connectivity index (χ4n) is 1.55. The van der Waals surface area contributed by atoms with Crippen molar-refractivity contribution in [2.24, 2.45) is 5.73 Å². The van der Waals surface area contributed by atoms with Gasteiger partial charge in [0.2, 0.25) is 0 Å². The van der Waals surface area contributed by atoms with Crippen LogP contribution in [0.3, 0.4) is 0 Å². The molecule has 0 saturated carbocycles. The molecule has 5 heteroatoms. The van der Waals surface area contributed by atoms with Gasteiger partial charge in [-0.3, -0.25) is 4.79 Å². The molecule has 0 bridgehead atoms. The van der Waals surface area contributed by atoms with E-state index in [1.165, 1.54) is 0 Å². The van der Waals surface area contributed by atoms with Gasteiger partial charge in [0.05, 0.1) is 0 Å². The van der Waals surface area contributed by atoms with Crippen molar-refractivity contribution in [1.82, 2.24) is 0 Å². The number of nitrogens with two attached hydrogens (primary N) is 1. The molecular weight excluding hydrogens is 310 g/mol. The molecule has 0 amide bonds. The van der Waals surface area contributed by atoms with Gasteiger partial charge in [-0.1, -0.05) is 34.1 Å². The van der Waals surface area contributed by atoms with Crippen molar-refractivity contribution < 1.29 is 14.6 Å². The highest BCUT2D eigenvalue weighted by atomic mass is 79.9. The lowest BCUT2D eigenvalue weighted by Gasteiger charge is -2.09. The molecule has 0 aliphatic carbocycles. The molecule has 2 aromatic rings. The summed E-state index contributed by atoms with van der Waals surface area (Å²) in [7, 11) is 0. The fraction of sp³-hybridized carbons (Fsp3) is 0.0714. The van der Waals surface area contributed by atoms with E-state index in [1.54, 1.807) is 24.3 Å². The van der Waals surface area contributed by atoms with Gasteiger partial charge in [0.1, 0.15) is 17.5 Å². The molecule has 2 aromatic carbocycles. The first-order chi connectivity index (χ1) is 9.06. The Labute approximate surface area is 118 Å². The van der Waals surface area contributed by atoms with Crippen LogP contribution in [0.25, 0.3) is 0 Å². The number of aliphatic carboxylic acids is 1. The van der Waals surface area contributed by atoms with Gasteiger partial charge in [0, 0.05) is 4.47 Å². The smallest absolute Gasteiger partial charge is 0.325 e. The van der Waals surface area contributed by atoms with E-state index in [0.717, 1.165) is 4.47 Å². The number of hydrogen-bond donors (Lipinski definition) is 2. The first-order valence-corrected chi connectivity index (χ1v) is 6.37. The van der Waals surface area contributed by atoms with Crippen molar-refractivity contribution in [2.45, 2.75) is 6.04 Å². The van der Waals surface area contributed by atoms with Crippen molar-refractivity contribution >= 4 is 21.9 Å². The molecule has 2 rings (SSSR count). The molecule has 1 unspecified atom stereocenters. The van der Waals surface area contributed by atoms with Crippen LogP contribution in [-0.2, 0) is 4.79 Å². The third-order valence-corrected chi connectivity index (χ3v) is 3.03. The predicted octanol–water partition coefficient (Wildman–Crippen LogP) is 3.33. The van der Waals surface area contributed by atoms with Gasteiger partial charge >= 0.3 is 5.97 Å². The monoisotopic (exact) mass is 321 g/mol. The topological polar surface area (TPSA) is 72.6 Å². The Morgan fingerprint density at radius 2 is 1.84 bits per heavy atom. The van der Waals surface area contributed by atoms with Crippen LogP contribution in [0.1, 0.15) is 11.6 Å². The summed E-state index contributed by atoms with van der Waals surface area (Å²) in [6.45, 7) is 0. The minimum atomic E-state index is -1.05. The summed E-state index contributed by atoms with van der Waals surface area (Å²) in [5.74, 6) is 0.268. The van der Waals surface area contributed by atoms with Crippen LogP contribution < -0.4 is 10.5 Å². The van der Waals surface area contributed by atoms with E-state index in [2.05, 4.69) is 15.9 Å². The Balaban J connectivity index is 2.13. The Morgan fingerprint density at radius 1 is 1.16 bits per heavy atom. The number of benzene rings is 2. The molecule has 0 spiro atoms. The van der Waals surface area contributed by atoms with E-state index < -0.39 is 12.0 Å². The number of hydrogen-bond acceptors (Lipinski definition) is 3. The molecule has 0 heterocycles. The number of carboxylic acid groups (broad SMARTS) is 1. The molecule has 0 aliphatic heterocycles. The lowest BCUT2D eigenvalue weighted by atomic mass is 10.1. The minimum absolute atomic E-state index is 0.536. The Morgan fingerprint density at radius 3 is 2.42 bits per heavy atom. The Hall–Kier alpha value is -1.85. The summed E-state index contributed by atoms with van der Waals surface area (Å²) in [4.78, 5) is 10.8. The molecule has 4 nitrogen and oxygen atoms in total. The van der Waals surface area contributed by atoms with Crippen molar-refractivity contribution in [3.63, 3.8) is 0 Å². The molecule has 98 valence electrons. The molecule has 0 saturated heterocycles. The molecule has 1 atom stereocenters.